The van der Waals surface area contributed by atoms with Crippen LogP contribution in [0.3, 0.4) is 0 Å². The molecule has 2 N–H and O–H groups in total. The van der Waals surface area contributed by atoms with Crippen molar-refractivity contribution < 1.29 is 16.8 Å². The van der Waals surface area contributed by atoms with E-state index in [0.29, 0.717) is 31.3 Å². The molecule has 0 saturated carbocycles. The van der Waals surface area contributed by atoms with Crippen LogP contribution < -0.4 is 10.0 Å². The largest absolute Gasteiger partial charge is 0.382 e. The number of nitrogens with zero attached hydrogens (tertiary/aromatic N) is 1. The molecule has 0 aliphatic carbocycles. The summed E-state index contributed by atoms with van der Waals surface area (Å²) >= 11 is 0. The summed E-state index contributed by atoms with van der Waals surface area (Å²) in [6.45, 7) is 1.17. The minimum Gasteiger partial charge on any atom is -0.382 e. The number of fused-ring (bicyclic) bond motifs is 1. The molecule has 1 aliphatic heterocycles. The molecule has 1 saturated heterocycles. The summed E-state index contributed by atoms with van der Waals surface area (Å²) in [5.74, 6) is 0. The van der Waals surface area contributed by atoms with Crippen LogP contribution in [-0.2, 0) is 26.6 Å². The van der Waals surface area contributed by atoms with E-state index >= 15 is 0 Å². The molecule has 0 radical (unpaired) electrons. The zero-order chi connectivity index (χ0) is 22.8. The number of benzene rings is 3. The van der Waals surface area contributed by atoms with Crippen LogP contribution in [0.25, 0.3) is 10.8 Å². The Kier molecular flexibility index (Phi) is 6.52. The lowest BCUT2D eigenvalue weighted by Gasteiger charge is -2.31. The Balaban J connectivity index is 1.55. The first-order valence-electron chi connectivity index (χ1n) is 10.5. The molecule has 4 rings (SSSR count). The van der Waals surface area contributed by atoms with Gasteiger partial charge in [-0.1, -0.05) is 54.6 Å². The van der Waals surface area contributed by atoms with E-state index in [1.165, 1.54) is 10.6 Å². The van der Waals surface area contributed by atoms with Crippen molar-refractivity contribution >= 4 is 36.5 Å². The molecule has 0 amide bonds. The minimum atomic E-state index is -3.71. The molecule has 1 fully saturated rings. The molecule has 3 aromatic carbocycles. The molecule has 1 heterocycles. The van der Waals surface area contributed by atoms with Gasteiger partial charge in [-0.25, -0.2) is 25.9 Å². The van der Waals surface area contributed by atoms with Gasteiger partial charge in [0.05, 0.1) is 11.2 Å². The van der Waals surface area contributed by atoms with Crippen molar-refractivity contribution in [1.82, 2.24) is 9.03 Å². The van der Waals surface area contributed by atoms with Gasteiger partial charge < -0.3 is 5.32 Å². The van der Waals surface area contributed by atoms with Crippen molar-refractivity contribution in [2.45, 2.75) is 30.3 Å². The van der Waals surface area contributed by atoms with Crippen LogP contribution in [0.4, 0.5) is 5.69 Å². The van der Waals surface area contributed by atoms with E-state index in [2.05, 4.69) is 10.0 Å². The van der Waals surface area contributed by atoms with Gasteiger partial charge >= 0.3 is 0 Å². The zero-order valence-electron chi connectivity index (χ0n) is 17.9. The lowest BCUT2D eigenvalue weighted by Crippen LogP contribution is -2.41. The smallest absolute Gasteiger partial charge is 0.241 e. The van der Waals surface area contributed by atoms with Gasteiger partial charge in [0.1, 0.15) is 0 Å². The van der Waals surface area contributed by atoms with Gasteiger partial charge in [0, 0.05) is 42.1 Å². The van der Waals surface area contributed by atoms with Crippen LogP contribution in [-0.4, -0.2) is 46.5 Å². The highest BCUT2D eigenvalue weighted by Crippen LogP contribution is 2.30. The fraction of sp³-hybridized carbons (Fsp3) is 0.304. The van der Waals surface area contributed by atoms with Crippen molar-refractivity contribution in [1.29, 1.82) is 0 Å². The molecular weight excluding hydrogens is 446 g/mol. The normalized spacial score (nSPS) is 16.3. The van der Waals surface area contributed by atoms with E-state index in [1.807, 2.05) is 54.6 Å². The maximum atomic E-state index is 13.1. The average molecular weight is 474 g/mol. The monoisotopic (exact) mass is 473 g/mol. The molecule has 3 aromatic rings. The number of hydrogen-bond donors (Lipinski definition) is 2. The molecule has 0 unspecified atom stereocenters. The summed E-state index contributed by atoms with van der Waals surface area (Å²) in [5, 5.41) is 4.96. The number of sulfonamides is 2. The summed E-state index contributed by atoms with van der Waals surface area (Å²) < 4.78 is 53.8. The fourth-order valence-corrected chi connectivity index (χ4v) is 6.16. The van der Waals surface area contributed by atoms with Crippen LogP contribution in [0.2, 0.25) is 0 Å². The molecule has 32 heavy (non-hydrogen) atoms. The van der Waals surface area contributed by atoms with E-state index < -0.39 is 20.0 Å². The van der Waals surface area contributed by atoms with E-state index in [0.717, 1.165) is 16.6 Å². The molecule has 170 valence electrons. The molecular formula is C23H27N3O4S2. The lowest BCUT2D eigenvalue weighted by atomic mass is 10.0. The standard InChI is InChI=1S/C23H27N3O4S2/c1-31(27,28)26-15-13-19(14-16-26)25-22-11-5-10-21-20(22)9-6-12-23(21)32(29,30)24-17-18-7-3-2-4-8-18/h2-12,19,24-25H,13-17H2,1H3. The van der Waals surface area contributed by atoms with Crippen molar-refractivity contribution in [2.75, 3.05) is 24.7 Å². The second-order valence-corrected chi connectivity index (χ2v) is 11.8. The van der Waals surface area contributed by atoms with Crippen molar-refractivity contribution in [2.24, 2.45) is 0 Å². The van der Waals surface area contributed by atoms with E-state index in [4.69, 9.17) is 0 Å². The van der Waals surface area contributed by atoms with Gasteiger partial charge in [-0.2, -0.15) is 0 Å². The third-order valence-electron chi connectivity index (χ3n) is 5.76. The Morgan fingerprint density at radius 2 is 1.50 bits per heavy atom. The molecule has 0 atom stereocenters. The third kappa shape index (κ3) is 5.12. The lowest BCUT2D eigenvalue weighted by molar-refractivity contribution is 0.332. The third-order valence-corrected chi connectivity index (χ3v) is 8.53. The van der Waals surface area contributed by atoms with Gasteiger partial charge in [-0.05, 0) is 30.5 Å². The Morgan fingerprint density at radius 3 is 2.19 bits per heavy atom. The first kappa shape index (κ1) is 22.7. The highest BCUT2D eigenvalue weighted by Gasteiger charge is 2.25. The van der Waals surface area contributed by atoms with Crippen LogP contribution >= 0.6 is 0 Å². The summed E-state index contributed by atoms with van der Waals surface area (Å²) in [6, 6.07) is 20.4. The number of piperidine rings is 1. The zero-order valence-corrected chi connectivity index (χ0v) is 19.5. The summed E-state index contributed by atoms with van der Waals surface area (Å²) in [7, 11) is -6.88. The highest BCUT2D eigenvalue weighted by molar-refractivity contribution is 7.89. The average Bonchev–Trinajstić information content (AvgIpc) is 2.78. The topological polar surface area (TPSA) is 95.6 Å². The molecule has 1 aliphatic rings. The fourth-order valence-electron chi connectivity index (χ4n) is 4.04. The summed E-state index contributed by atoms with van der Waals surface area (Å²) in [6.07, 6.45) is 2.62. The quantitative estimate of drug-likeness (QED) is 0.550. The Bertz CT molecular complexity index is 1300. The van der Waals surface area contributed by atoms with Crippen LogP contribution in [0.5, 0.6) is 0 Å². The second-order valence-electron chi connectivity index (χ2n) is 8.05. The number of nitrogens with one attached hydrogen (secondary N) is 2. The van der Waals surface area contributed by atoms with Crippen molar-refractivity contribution in [3.63, 3.8) is 0 Å². The predicted molar refractivity (Wildman–Crippen MR) is 127 cm³/mol. The highest BCUT2D eigenvalue weighted by atomic mass is 32.2. The number of anilines is 1. The second kappa shape index (κ2) is 9.19. The van der Waals surface area contributed by atoms with E-state index in [1.54, 1.807) is 12.1 Å². The first-order chi connectivity index (χ1) is 15.2. The molecule has 0 bridgehead atoms. The van der Waals surface area contributed by atoms with Crippen molar-refractivity contribution in [3.05, 3.63) is 72.3 Å². The molecule has 0 spiro atoms. The van der Waals surface area contributed by atoms with Crippen LogP contribution in [0.15, 0.2) is 71.6 Å². The van der Waals surface area contributed by atoms with Gasteiger partial charge in [0.2, 0.25) is 20.0 Å². The van der Waals surface area contributed by atoms with Gasteiger partial charge in [-0.15, -0.1) is 0 Å². The van der Waals surface area contributed by atoms with Gasteiger partial charge in [0.15, 0.2) is 0 Å². The van der Waals surface area contributed by atoms with E-state index in [-0.39, 0.29) is 17.5 Å². The number of hydrogen-bond acceptors (Lipinski definition) is 5. The van der Waals surface area contributed by atoms with Gasteiger partial charge in [0.25, 0.3) is 0 Å². The Hall–Kier alpha value is -2.46. The Morgan fingerprint density at radius 1 is 0.844 bits per heavy atom. The number of rotatable bonds is 7. The summed E-state index contributed by atoms with van der Waals surface area (Å²) in [4.78, 5) is 0.237. The first-order valence-corrected chi connectivity index (χ1v) is 13.8. The molecule has 7 nitrogen and oxygen atoms in total. The van der Waals surface area contributed by atoms with Gasteiger partial charge in [-0.3, -0.25) is 0 Å². The minimum absolute atomic E-state index is 0.120. The van der Waals surface area contributed by atoms with E-state index in [9.17, 15) is 16.8 Å². The molecule has 9 heteroatoms. The Labute approximate surface area is 189 Å². The van der Waals surface area contributed by atoms with Crippen molar-refractivity contribution in [3.8, 4) is 0 Å². The molecule has 0 aromatic heterocycles. The maximum Gasteiger partial charge on any atom is 0.241 e. The van der Waals surface area contributed by atoms with Crippen LogP contribution in [0.1, 0.15) is 18.4 Å². The predicted octanol–water partition coefficient (Wildman–Crippen LogP) is 3.15. The summed E-state index contributed by atoms with van der Waals surface area (Å²) in [5.41, 5.74) is 1.74. The van der Waals surface area contributed by atoms with Crippen LogP contribution in [0, 0.1) is 0 Å². The SMILES string of the molecule is CS(=O)(=O)N1CCC(Nc2cccc3c(S(=O)(=O)NCc4ccccc4)cccc23)CC1. The maximum absolute atomic E-state index is 13.1.